The second-order valence-corrected chi connectivity index (χ2v) is 4.88. The second-order valence-electron chi connectivity index (χ2n) is 4.88. The van der Waals surface area contributed by atoms with Crippen molar-refractivity contribution in [2.75, 3.05) is 13.7 Å². The first-order chi connectivity index (χ1) is 9.65. The van der Waals surface area contributed by atoms with Crippen LogP contribution in [0, 0.1) is 0 Å². The number of nitrogens with zero attached hydrogens (tertiary/aromatic N) is 1. The lowest BCUT2D eigenvalue weighted by molar-refractivity contribution is -0.122. The van der Waals surface area contributed by atoms with Crippen LogP contribution in [0.2, 0.25) is 0 Å². The van der Waals surface area contributed by atoms with Crippen LogP contribution in [0.25, 0.3) is 10.9 Å². The fraction of sp³-hybridized carbons (Fsp3) is 0.400. The zero-order valence-corrected chi connectivity index (χ0v) is 11.8. The van der Waals surface area contributed by atoms with E-state index < -0.39 is 0 Å². The molecule has 1 aromatic carbocycles. The average Bonchev–Trinajstić information content (AvgIpc) is 2.82. The van der Waals surface area contributed by atoms with Crippen molar-refractivity contribution in [3.8, 4) is 0 Å². The summed E-state index contributed by atoms with van der Waals surface area (Å²) in [4.78, 5) is 12.0. The van der Waals surface area contributed by atoms with Crippen LogP contribution in [0.1, 0.15) is 12.5 Å². The molecule has 1 amide bonds. The number of aromatic nitrogens is 1. The highest BCUT2D eigenvalue weighted by molar-refractivity contribution is 5.85. The molecule has 5 heteroatoms. The van der Waals surface area contributed by atoms with E-state index in [9.17, 15) is 9.90 Å². The number of amides is 1. The molecule has 5 nitrogen and oxygen atoms in total. The van der Waals surface area contributed by atoms with Crippen LogP contribution in [0.4, 0.5) is 0 Å². The number of nitrogens with one attached hydrogen (secondary N) is 1. The van der Waals surface area contributed by atoms with Gasteiger partial charge in [-0.05, 0) is 18.4 Å². The first kappa shape index (κ1) is 14.6. The van der Waals surface area contributed by atoms with E-state index in [0.29, 0.717) is 6.61 Å². The normalized spacial score (nSPS) is 12.6. The molecule has 2 aromatic rings. The molecule has 0 bridgehead atoms. The van der Waals surface area contributed by atoms with Crippen LogP contribution in [0.3, 0.4) is 0 Å². The number of fused-ring (bicyclic) bond motifs is 1. The van der Waals surface area contributed by atoms with Gasteiger partial charge in [0.1, 0.15) is 6.54 Å². The Bertz CT molecular complexity index is 592. The number of aliphatic hydroxyl groups excluding tert-OH is 1. The Balaban J connectivity index is 2.15. The van der Waals surface area contributed by atoms with E-state index in [1.54, 1.807) is 7.11 Å². The van der Waals surface area contributed by atoms with E-state index in [2.05, 4.69) is 5.32 Å². The van der Waals surface area contributed by atoms with Gasteiger partial charge in [0.05, 0.1) is 18.7 Å². The largest absolute Gasteiger partial charge is 0.392 e. The van der Waals surface area contributed by atoms with Gasteiger partial charge in [0.15, 0.2) is 0 Å². The number of ether oxygens (including phenoxy) is 1. The Labute approximate surface area is 118 Å². The molecule has 2 rings (SSSR count). The van der Waals surface area contributed by atoms with Crippen LogP contribution < -0.4 is 5.32 Å². The van der Waals surface area contributed by atoms with Crippen LogP contribution in [-0.2, 0) is 22.7 Å². The molecule has 0 radical (unpaired) electrons. The third-order valence-corrected chi connectivity index (χ3v) is 3.18. The predicted octanol–water partition coefficient (Wildman–Crippen LogP) is 1.28. The van der Waals surface area contributed by atoms with E-state index >= 15 is 0 Å². The van der Waals surface area contributed by atoms with Gasteiger partial charge in [0.2, 0.25) is 5.91 Å². The number of hydrogen-bond acceptors (Lipinski definition) is 3. The maximum atomic E-state index is 12.0. The monoisotopic (exact) mass is 276 g/mol. The van der Waals surface area contributed by atoms with Crippen LogP contribution in [-0.4, -0.2) is 35.3 Å². The molecule has 1 unspecified atom stereocenters. The smallest absolute Gasteiger partial charge is 0.240 e. The van der Waals surface area contributed by atoms with Gasteiger partial charge in [0, 0.05) is 24.9 Å². The van der Waals surface area contributed by atoms with Crippen LogP contribution in [0.15, 0.2) is 30.5 Å². The number of carbonyl (C=O) groups excluding carboxylic acids is 1. The van der Waals surface area contributed by atoms with E-state index in [4.69, 9.17) is 4.74 Å². The number of rotatable bonds is 6. The minimum absolute atomic E-state index is 0.0216. The molecule has 108 valence electrons. The van der Waals surface area contributed by atoms with Crippen molar-refractivity contribution in [3.05, 3.63) is 36.0 Å². The van der Waals surface area contributed by atoms with Gasteiger partial charge < -0.3 is 19.7 Å². The highest BCUT2D eigenvalue weighted by atomic mass is 16.5. The Morgan fingerprint density at radius 3 is 2.95 bits per heavy atom. The van der Waals surface area contributed by atoms with Crippen molar-refractivity contribution in [3.63, 3.8) is 0 Å². The summed E-state index contributed by atoms with van der Waals surface area (Å²) in [6.07, 6.45) is 1.87. The summed E-state index contributed by atoms with van der Waals surface area (Å²) in [7, 11) is 1.61. The van der Waals surface area contributed by atoms with Crippen LogP contribution in [0.5, 0.6) is 0 Å². The lowest BCUT2D eigenvalue weighted by Crippen LogP contribution is -2.37. The van der Waals surface area contributed by atoms with Crippen molar-refractivity contribution >= 4 is 16.8 Å². The van der Waals surface area contributed by atoms with Gasteiger partial charge in [-0.1, -0.05) is 18.2 Å². The third-order valence-electron chi connectivity index (χ3n) is 3.18. The summed E-state index contributed by atoms with van der Waals surface area (Å²) < 4.78 is 6.85. The molecule has 1 aromatic heterocycles. The molecule has 2 N–H and O–H groups in total. The Morgan fingerprint density at radius 2 is 2.25 bits per heavy atom. The third kappa shape index (κ3) is 3.18. The number of para-hydroxylation sites is 1. The first-order valence-corrected chi connectivity index (χ1v) is 6.61. The Hall–Kier alpha value is -1.85. The number of benzene rings is 1. The number of carbonyl (C=O) groups is 1. The minimum atomic E-state index is -0.0696. The molecular weight excluding hydrogens is 256 g/mol. The van der Waals surface area contributed by atoms with E-state index in [0.717, 1.165) is 16.5 Å². The summed E-state index contributed by atoms with van der Waals surface area (Å²) in [6, 6.07) is 7.66. The first-order valence-electron chi connectivity index (χ1n) is 6.61. The van der Waals surface area contributed by atoms with Crippen molar-refractivity contribution < 1.29 is 14.6 Å². The highest BCUT2D eigenvalue weighted by Gasteiger charge is 2.11. The molecule has 0 spiro atoms. The van der Waals surface area contributed by atoms with Crippen molar-refractivity contribution in [2.45, 2.75) is 26.1 Å². The predicted molar refractivity (Wildman–Crippen MR) is 77.3 cm³/mol. The lowest BCUT2D eigenvalue weighted by Gasteiger charge is -2.14. The van der Waals surface area contributed by atoms with Crippen molar-refractivity contribution in [1.29, 1.82) is 0 Å². The van der Waals surface area contributed by atoms with Gasteiger partial charge >= 0.3 is 0 Å². The number of methoxy groups -OCH3 is 1. The quantitative estimate of drug-likeness (QED) is 0.835. The van der Waals surface area contributed by atoms with E-state index in [1.165, 1.54) is 0 Å². The molecule has 0 aliphatic heterocycles. The fourth-order valence-corrected chi connectivity index (χ4v) is 2.37. The summed E-state index contributed by atoms with van der Waals surface area (Å²) in [5, 5.41) is 13.3. The van der Waals surface area contributed by atoms with Gasteiger partial charge in [-0.2, -0.15) is 0 Å². The molecule has 0 aliphatic carbocycles. The zero-order chi connectivity index (χ0) is 14.5. The summed E-state index contributed by atoms with van der Waals surface area (Å²) in [5.74, 6) is -0.0696. The number of aliphatic hydroxyl groups is 1. The molecule has 20 heavy (non-hydrogen) atoms. The van der Waals surface area contributed by atoms with Gasteiger partial charge in [-0.25, -0.2) is 0 Å². The maximum Gasteiger partial charge on any atom is 0.240 e. The molecule has 0 saturated carbocycles. The number of hydrogen-bond donors (Lipinski definition) is 2. The van der Waals surface area contributed by atoms with Crippen molar-refractivity contribution in [1.82, 2.24) is 9.88 Å². The Morgan fingerprint density at radius 1 is 1.45 bits per heavy atom. The van der Waals surface area contributed by atoms with Crippen LogP contribution >= 0.6 is 0 Å². The van der Waals surface area contributed by atoms with Gasteiger partial charge in [0.25, 0.3) is 0 Å². The van der Waals surface area contributed by atoms with Gasteiger partial charge in [-0.3, -0.25) is 4.79 Å². The van der Waals surface area contributed by atoms with Gasteiger partial charge in [-0.15, -0.1) is 0 Å². The van der Waals surface area contributed by atoms with E-state index in [1.807, 2.05) is 42.0 Å². The van der Waals surface area contributed by atoms with E-state index in [-0.39, 0.29) is 25.1 Å². The summed E-state index contributed by atoms with van der Waals surface area (Å²) >= 11 is 0. The average molecular weight is 276 g/mol. The zero-order valence-electron chi connectivity index (χ0n) is 11.8. The molecule has 0 aliphatic rings. The molecule has 1 atom stereocenters. The fourth-order valence-electron chi connectivity index (χ4n) is 2.37. The molecular formula is C15H20N2O3. The molecule has 1 heterocycles. The SMILES string of the molecule is COCC(C)NC(=O)Cn1ccc2cccc(CO)c21. The lowest BCUT2D eigenvalue weighted by atomic mass is 10.1. The maximum absolute atomic E-state index is 12.0. The summed E-state index contributed by atoms with van der Waals surface area (Å²) in [5.41, 5.74) is 1.73. The van der Waals surface area contributed by atoms with Crippen molar-refractivity contribution in [2.24, 2.45) is 0 Å². The highest BCUT2D eigenvalue weighted by Crippen LogP contribution is 2.20. The standard InChI is InChI=1S/C15H20N2O3/c1-11(10-20-2)16-14(19)8-17-7-6-12-4-3-5-13(9-18)15(12)17/h3-7,11,18H,8-10H2,1-2H3,(H,16,19). The molecule has 0 saturated heterocycles. The summed E-state index contributed by atoms with van der Waals surface area (Å²) in [6.45, 7) is 2.58. The minimum Gasteiger partial charge on any atom is -0.392 e. The Kier molecular flexibility index (Phi) is 4.76. The topological polar surface area (TPSA) is 63.5 Å². The second kappa shape index (κ2) is 6.54. The molecule has 0 fully saturated rings.